The number of nitrogens with zero attached hydrogens (tertiary/aromatic N) is 2. The molecule has 0 amide bonds. The predicted octanol–water partition coefficient (Wildman–Crippen LogP) is 3.53. The highest BCUT2D eigenvalue weighted by atomic mass is 32.1. The van der Waals surface area contributed by atoms with Crippen molar-refractivity contribution in [2.45, 2.75) is 25.9 Å². The van der Waals surface area contributed by atoms with Gasteiger partial charge in [-0.05, 0) is 50.0 Å². The van der Waals surface area contributed by atoms with Gasteiger partial charge in [0.25, 0.3) is 0 Å². The van der Waals surface area contributed by atoms with E-state index in [1.54, 1.807) is 11.3 Å². The van der Waals surface area contributed by atoms with Gasteiger partial charge in [0, 0.05) is 16.6 Å². The highest BCUT2D eigenvalue weighted by molar-refractivity contribution is 7.09. The van der Waals surface area contributed by atoms with Gasteiger partial charge in [-0.3, -0.25) is 4.90 Å². The summed E-state index contributed by atoms with van der Waals surface area (Å²) in [6, 6.07) is 10.3. The first-order valence-electron chi connectivity index (χ1n) is 6.99. The molecular formula is C16H19N3OS. The van der Waals surface area contributed by atoms with E-state index in [1.165, 1.54) is 4.88 Å². The maximum Gasteiger partial charge on any atom is 0.209 e. The summed E-state index contributed by atoms with van der Waals surface area (Å²) in [5, 5.41) is 2.12. The largest absolute Gasteiger partial charge is 0.439 e. The van der Waals surface area contributed by atoms with Crippen molar-refractivity contribution in [1.29, 1.82) is 0 Å². The zero-order valence-corrected chi connectivity index (χ0v) is 13.1. The third-order valence-corrected chi connectivity index (χ3v) is 4.57. The maximum atomic E-state index is 5.77. The Hall–Kier alpha value is -1.85. The molecule has 21 heavy (non-hydrogen) atoms. The number of nitrogen functional groups attached to an aromatic ring is 1. The summed E-state index contributed by atoms with van der Waals surface area (Å²) in [6.07, 6.45) is 1.04. The standard InChI is InChI=1S/C16H19N3OS/c1-11(8-13-4-3-7-21-13)19(2)10-16-18-14-9-12(17)5-6-15(14)20-16/h3-7,9,11H,8,10,17H2,1-2H3. The lowest BCUT2D eigenvalue weighted by Gasteiger charge is -2.22. The normalized spacial score (nSPS) is 13.1. The molecule has 0 aliphatic carbocycles. The van der Waals surface area contributed by atoms with Crippen LogP contribution < -0.4 is 5.73 Å². The Labute approximate surface area is 128 Å². The lowest BCUT2D eigenvalue weighted by molar-refractivity contribution is 0.227. The van der Waals surface area contributed by atoms with Gasteiger partial charge < -0.3 is 10.2 Å². The number of hydrogen-bond acceptors (Lipinski definition) is 5. The van der Waals surface area contributed by atoms with E-state index in [9.17, 15) is 0 Å². The fraction of sp³-hybridized carbons (Fsp3) is 0.312. The van der Waals surface area contributed by atoms with E-state index in [2.05, 4.69) is 41.4 Å². The molecule has 2 N–H and O–H groups in total. The SMILES string of the molecule is CC(Cc1cccs1)N(C)Cc1nc2cc(N)ccc2o1. The molecule has 0 saturated carbocycles. The fourth-order valence-electron chi connectivity index (χ4n) is 2.30. The number of thiophene rings is 1. The molecule has 0 radical (unpaired) electrons. The van der Waals surface area contributed by atoms with Gasteiger partial charge in [0.1, 0.15) is 5.52 Å². The first-order chi connectivity index (χ1) is 10.1. The Morgan fingerprint density at radius 3 is 3.00 bits per heavy atom. The van der Waals surface area contributed by atoms with Gasteiger partial charge in [-0.1, -0.05) is 6.07 Å². The minimum atomic E-state index is 0.434. The van der Waals surface area contributed by atoms with Crippen LogP contribution in [0.3, 0.4) is 0 Å². The average Bonchev–Trinajstić information content (AvgIpc) is 3.07. The summed E-state index contributed by atoms with van der Waals surface area (Å²) in [7, 11) is 2.10. The first-order valence-corrected chi connectivity index (χ1v) is 7.87. The molecular weight excluding hydrogens is 282 g/mol. The van der Waals surface area contributed by atoms with Crippen molar-refractivity contribution in [3.63, 3.8) is 0 Å². The van der Waals surface area contributed by atoms with Crippen LogP contribution in [0.1, 0.15) is 17.7 Å². The number of nitrogens with two attached hydrogens (primary N) is 1. The van der Waals surface area contributed by atoms with Crippen LogP contribution in [0, 0.1) is 0 Å². The number of fused-ring (bicyclic) bond motifs is 1. The minimum absolute atomic E-state index is 0.434. The van der Waals surface area contributed by atoms with Gasteiger partial charge >= 0.3 is 0 Å². The monoisotopic (exact) mass is 301 g/mol. The van der Waals surface area contributed by atoms with E-state index in [0.717, 1.165) is 23.4 Å². The van der Waals surface area contributed by atoms with Gasteiger partial charge in [0.05, 0.1) is 6.54 Å². The summed E-state index contributed by atoms with van der Waals surface area (Å²) in [5.41, 5.74) is 8.09. The first kappa shape index (κ1) is 14.1. The van der Waals surface area contributed by atoms with E-state index < -0.39 is 0 Å². The molecule has 0 aliphatic heterocycles. The molecule has 5 heteroatoms. The van der Waals surface area contributed by atoms with E-state index in [-0.39, 0.29) is 0 Å². The van der Waals surface area contributed by atoms with Crippen molar-refractivity contribution >= 4 is 28.1 Å². The summed E-state index contributed by atoms with van der Waals surface area (Å²) in [4.78, 5) is 8.17. The quantitative estimate of drug-likeness (QED) is 0.732. The molecule has 3 rings (SSSR count). The van der Waals surface area contributed by atoms with E-state index in [0.29, 0.717) is 18.3 Å². The van der Waals surface area contributed by atoms with Crippen molar-refractivity contribution < 1.29 is 4.42 Å². The van der Waals surface area contributed by atoms with Crippen LogP contribution in [0.15, 0.2) is 40.1 Å². The van der Waals surface area contributed by atoms with Crippen LogP contribution in [0.5, 0.6) is 0 Å². The predicted molar refractivity (Wildman–Crippen MR) is 87.4 cm³/mol. The molecule has 4 nitrogen and oxygen atoms in total. The Balaban J connectivity index is 1.69. The molecule has 3 aromatic rings. The summed E-state index contributed by atoms with van der Waals surface area (Å²) >= 11 is 1.80. The Bertz CT molecular complexity index is 720. The van der Waals surface area contributed by atoms with Crippen LogP contribution in [0.2, 0.25) is 0 Å². The van der Waals surface area contributed by atoms with Crippen molar-refractivity contribution in [3.8, 4) is 0 Å². The third kappa shape index (κ3) is 3.25. The fourth-order valence-corrected chi connectivity index (χ4v) is 3.13. The second-order valence-corrected chi connectivity index (χ2v) is 6.41. The molecule has 0 aliphatic rings. The second-order valence-electron chi connectivity index (χ2n) is 5.38. The number of likely N-dealkylation sites (N-methyl/N-ethyl adjacent to an activating group) is 1. The van der Waals surface area contributed by atoms with Crippen LogP contribution in [-0.4, -0.2) is 23.0 Å². The highest BCUT2D eigenvalue weighted by Gasteiger charge is 2.14. The van der Waals surface area contributed by atoms with Crippen LogP contribution >= 0.6 is 11.3 Å². The number of rotatable bonds is 5. The van der Waals surface area contributed by atoms with Crippen LogP contribution in [-0.2, 0) is 13.0 Å². The lowest BCUT2D eigenvalue weighted by atomic mass is 10.2. The van der Waals surface area contributed by atoms with Crippen molar-refractivity contribution in [3.05, 3.63) is 46.5 Å². The second kappa shape index (κ2) is 5.87. The number of hydrogen-bond donors (Lipinski definition) is 1. The molecule has 0 spiro atoms. The van der Waals surface area contributed by atoms with E-state index >= 15 is 0 Å². The average molecular weight is 301 g/mol. The van der Waals surface area contributed by atoms with Crippen molar-refractivity contribution in [2.24, 2.45) is 0 Å². The Morgan fingerprint density at radius 2 is 2.24 bits per heavy atom. The van der Waals surface area contributed by atoms with Crippen LogP contribution in [0.4, 0.5) is 5.69 Å². The van der Waals surface area contributed by atoms with Crippen molar-refractivity contribution in [2.75, 3.05) is 12.8 Å². The van der Waals surface area contributed by atoms with E-state index in [4.69, 9.17) is 10.2 Å². The number of aromatic nitrogens is 1. The summed E-state index contributed by atoms with van der Waals surface area (Å²) in [6.45, 7) is 2.92. The minimum Gasteiger partial charge on any atom is -0.439 e. The zero-order valence-electron chi connectivity index (χ0n) is 12.2. The summed E-state index contributed by atoms with van der Waals surface area (Å²) < 4.78 is 5.77. The number of oxazole rings is 1. The Morgan fingerprint density at radius 1 is 1.38 bits per heavy atom. The third-order valence-electron chi connectivity index (χ3n) is 3.67. The van der Waals surface area contributed by atoms with Gasteiger partial charge in [-0.15, -0.1) is 11.3 Å². The molecule has 2 heterocycles. The molecule has 110 valence electrons. The van der Waals surface area contributed by atoms with Crippen molar-refractivity contribution in [1.82, 2.24) is 9.88 Å². The summed E-state index contributed by atoms with van der Waals surface area (Å²) in [5.74, 6) is 0.733. The number of anilines is 1. The molecule has 1 unspecified atom stereocenters. The molecule has 1 aromatic carbocycles. The highest BCUT2D eigenvalue weighted by Crippen LogP contribution is 2.20. The lowest BCUT2D eigenvalue weighted by Crippen LogP contribution is -2.30. The van der Waals surface area contributed by atoms with Gasteiger partial charge in [0.15, 0.2) is 5.58 Å². The molecule has 2 aromatic heterocycles. The van der Waals surface area contributed by atoms with Crippen LogP contribution in [0.25, 0.3) is 11.1 Å². The topological polar surface area (TPSA) is 55.3 Å². The molecule has 0 saturated heterocycles. The Kier molecular flexibility index (Phi) is 3.94. The molecule has 1 atom stereocenters. The van der Waals surface area contributed by atoms with Gasteiger partial charge in [-0.25, -0.2) is 4.98 Å². The zero-order chi connectivity index (χ0) is 14.8. The molecule has 0 fully saturated rings. The molecule has 0 bridgehead atoms. The van der Waals surface area contributed by atoms with Gasteiger partial charge in [-0.2, -0.15) is 0 Å². The number of benzene rings is 1. The van der Waals surface area contributed by atoms with Gasteiger partial charge in [0.2, 0.25) is 5.89 Å². The van der Waals surface area contributed by atoms with E-state index in [1.807, 2.05) is 18.2 Å². The maximum absolute atomic E-state index is 5.77. The smallest absolute Gasteiger partial charge is 0.209 e.